The molecule has 1 aliphatic rings. The maximum absolute atomic E-state index is 13.2. The number of amides is 1. The Bertz CT molecular complexity index is 1110. The topological polar surface area (TPSA) is 46.1 Å². The minimum absolute atomic E-state index is 0.0105. The molecule has 3 heterocycles. The number of rotatable bonds is 3. The highest BCUT2D eigenvalue weighted by Gasteiger charge is 2.33. The molecule has 1 fully saturated rings. The minimum atomic E-state index is 0.0105. The zero-order valence-electron chi connectivity index (χ0n) is 15.5. The van der Waals surface area contributed by atoms with Gasteiger partial charge in [-0.2, -0.15) is 0 Å². The van der Waals surface area contributed by atoms with E-state index in [2.05, 4.69) is 42.2 Å². The summed E-state index contributed by atoms with van der Waals surface area (Å²) in [4.78, 5) is 24.6. The van der Waals surface area contributed by atoms with E-state index in [0.29, 0.717) is 5.69 Å². The Morgan fingerprint density at radius 3 is 2.75 bits per heavy atom. The Balaban J connectivity index is 1.42. The number of hydrogen-bond acceptors (Lipinski definition) is 5. The number of carbonyl (C=O) groups is 1. The standard InChI is InChI=1S/C22H19N3OS2/c1-14-8-10-15(11-9-14)20-24-17(13-27-20)22(26)25-12-4-6-18(25)21-23-16-5-2-3-7-19(16)28-21/h2-3,5,7-11,13,18H,4,6,12H2,1H3. The molecule has 1 unspecified atom stereocenters. The van der Waals surface area contributed by atoms with Crippen LogP contribution in [-0.4, -0.2) is 27.3 Å². The average Bonchev–Trinajstić information content (AvgIpc) is 3.46. The van der Waals surface area contributed by atoms with Crippen molar-refractivity contribution in [1.29, 1.82) is 0 Å². The number of likely N-dealkylation sites (tertiary alicyclic amines) is 1. The SMILES string of the molecule is Cc1ccc(-c2nc(C(=O)N3CCCC3c3nc4ccccc4s3)cs2)cc1. The summed E-state index contributed by atoms with van der Waals surface area (Å²) < 4.78 is 1.17. The minimum Gasteiger partial charge on any atom is -0.328 e. The summed E-state index contributed by atoms with van der Waals surface area (Å²) in [5.41, 5.74) is 3.82. The lowest BCUT2D eigenvalue weighted by Gasteiger charge is -2.22. The second kappa shape index (κ2) is 7.11. The van der Waals surface area contributed by atoms with E-state index in [9.17, 15) is 4.79 Å². The molecule has 1 atom stereocenters. The Hall–Kier alpha value is -2.57. The van der Waals surface area contributed by atoms with Crippen LogP contribution >= 0.6 is 22.7 Å². The number of thiazole rings is 2. The van der Waals surface area contributed by atoms with E-state index in [1.54, 1.807) is 11.3 Å². The van der Waals surface area contributed by atoms with Crippen molar-refractivity contribution in [1.82, 2.24) is 14.9 Å². The van der Waals surface area contributed by atoms with Crippen LogP contribution in [0.4, 0.5) is 0 Å². The summed E-state index contributed by atoms with van der Waals surface area (Å²) in [6.45, 7) is 2.83. The van der Waals surface area contributed by atoms with Gasteiger partial charge in [0.1, 0.15) is 15.7 Å². The lowest BCUT2D eigenvalue weighted by atomic mass is 10.2. The number of nitrogens with zero attached hydrogens (tertiary/aromatic N) is 3. The van der Waals surface area contributed by atoms with Gasteiger partial charge in [0.25, 0.3) is 5.91 Å². The second-order valence-electron chi connectivity index (χ2n) is 7.08. The zero-order chi connectivity index (χ0) is 19.1. The van der Waals surface area contributed by atoms with Gasteiger partial charge in [-0.3, -0.25) is 4.79 Å². The van der Waals surface area contributed by atoms with Gasteiger partial charge in [-0.1, -0.05) is 42.0 Å². The summed E-state index contributed by atoms with van der Waals surface area (Å²) >= 11 is 3.22. The molecule has 0 radical (unpaired) electrons. The van der Waals surface area contributed by atoms with Crippen molar-refractivity contribution < 1.29 is 4.79 Å². The van der Waals surface area contributed by atoms with Gasteiger partial charge < -0.3 is 4.90 Å². The van der Waals surface area contributed by atoms with Crippen LogP contribution in [0.25, 0.3) is 20.8 Å². The smallest absolute Gasteiger partial charge is 0.273 e. The number of fused-ring (bicyclic) bond motifs is 1. The van der Waals surface area contributed by atoms with Gasteiger partial charge in [0, 0.05) is 17.5 Å². The number of benzene rings is 2. The molecule has 1 amide bonds. The van der Waals surface area contributed by atoms with Gasteiger partial charge in [0.05, 0.1) is 16.3 Å². The first-order valence-electron chi connectivity index (χ1n) is 9.38. The molecular weight excluding hydrogens is 386 g/mol. The molecule has 1 aliphatic heterocycles. The Kier molecular flexibility index (Phi) is 4.45. The summed E-state index contributed by atoms with van der Waals surface area (Å²) in [6.07, 6.45) is 1.96. The Morgan fingerprint density at radius 1 is 1.11 bits per heavy atom. The number of aromatic nitrogens is 2. The van der Waals surface area contributed by atoms with Gasteiger partial charge in [-0.25, -0.2) is 9.97 Å². The van der Waals surface area contributed by atoms with Crippen LogP contribution in [0.15, 0.2) is 53.9 Å². The molecule has 1 saturated heterocycles. The first-order valence-corrected chi connectivity index (χ1v) is 11.1. The van der Waals surface area contributed by atoms with Crippen LogP contribution < -0.4 is 0 Å². The maximum atomic E-state index is 13.2. The number of para-hydroxylation sites is 1. The Morgan fingerprint density at radius 2 is 1.93 bits per heavy atom. The molecule has 28 heavy (non-hydrogen) atoms. The highest BCUT2D eigenvalue weighted by molar-refractivity contribution is 7.18. The second-order valence-corrected chi connectivity index (χ2v) is 9.00. The van der Waals surface area contributed by atoms with Crippen LogP contribution in [0.5, 0.6) is 0 Å². The molecule has 4 aromatic rings. The molecule has 5 rings (SSSR count). The summed E-state index contributed by atoms with van der Waals surface area (Å²) in [5.74, 6) is 0.0105. The van der Waals surface area contributed by atoms with E-state index in [1.807, 2.05) is 28.5 Å². The summed E-state index contributed by atoms with van der Waals surface area (Å²) in [6, 6.07) is 16.5. The molecular formula is C22H19N3OS2. The summed E-state index contributed by atoms with van der Waals surface area (Å²) in [5, 5.41) is 3.80. The molecule has 2 aromatic heterocycles. The summed E-state index contributed by atoms with van der Waals surface area (Å²) in [7, 11) is 0. The van der Waals surface area contributed by atoms with Gasteiger partial charge in [-0.05, 0) is 31.9 Å². The highest BCUT2D eigenvalue weighted by atomic mass is 32.1. The first-order chi connectivity index (χ1) is 13.7. The van der Waals surface area contributed by atoms with Crippen LogP contribution in [0.3, 0.4) is 0 Å². The largest absolute Gasteiger partial charge is 0.328 e. The van der Waals surface area contributed by atoms with E-state index in [4.69, 9.17) is 4.98 Å². The molecule has 6 heteroatoms. The number of carbonyl (C=O) groups excluding carboxylic acids is 1. The van der Waals surface area contributed by atoms with Crippen molar-refractivity contribution in [2.75, 3.05) is 6.54 Å². The molecule has 0 N–H and O–H groups in total. The zero-order valence-corrected chi connectivity index (χ0v) is 17.1. The van der Waals surface area contributed by atoms with Gasteiger partial charge in [0.15, 0.2) is 0 Å². The average molecular weight is 406 g/mol. The maximum Gasteiger partial charge on any atom is 0.273 e. The molecule has 0 saturated carbocycles. The third kappa shape index (κ3) is 3.12. The quantitative estimate of drug-likeness (QED) is 0.439. The van der Waals surface area contributed by atoms with Crippen molar-refractivity contribution in [3.63, 3.8) is 0 Å². The highest BCUT2D eigenvalue weighted by Crippen LogP contribution is 2.37. The van der Waals surface area contributed by atoms with E-state index >= 15 is 0 Å². The molecule has 4 nitrogen and oxygen atoms in total. The third-order valence-corrected chi connectivity index (χ3v) is 7.16. The molecule has 140 valence electrons. The lowest BCUT2D eigenvalue weighted by molar-refractivity contribution is 0.0730. The van der Waals surface area contributed by atoms with E-state index in [0.717, 1.165) is 40.5 Å². The van der Waals surface area contributed by atoms with Crippen LogP contribution in [0.1, 0.15) is 39.9 Å². The first kappa shape index (κ1) is 17.5. The predicted molar refractivity (Wildman–Crippen MR) is 115 cm³/mol. The predicted octanol–water partition coefficient (Wildman–Crippen LogP) is 5.71. The van der Waals surface area contributed by atoms with E-state index in [-0.39, 0.29) is 11.9 Å². The molecule has 0 spiro atoms. The van der Waals surface area contributed by atoms with Crippen LogP contribution in [0.2, 0.25) is 0 Å². The van der Waals surface area contributed by atoms with Crippen molar-refractivity contribution in [2.24, 2.45) is 0 Å². The van der Waals surface area contributed by atoms with Gasteiger partial charge in [0.2, 0.25) is 0 Å². The lowest BCUT2D eigenvalue weighted by Crippen LogP contribution is -2.30. The van der Waals surface area contributed by atoms with Crippen LogP contribution in [0, 0.1) is 6.92 Å². The third-order valence-electron chi connectivity index (χ3n) is 5.13. The van der Waals surface area contributed by atoms with Crippen molar-refractivity contribution >= 4 is 38.8 Å². The molecule has 0 aliphatic carbocycles. The normalized spacial score (nSPS) is 16.8. The van der Waals surface area contributed by atoms with Gasteiger partial charge in [-0.15, -0.1) is 22.7 Å². The monoisotopic (exact) mass is 405 g/mol. The Labute approximate surface area is 171 Å². The fourth-order valence-corrected chi connectivity index (χ4v) is 5.56. The van der Waals surface area contributed by atoms with Crippen molar-refractivity contribution in [3.8, 4) is 10.6 Å². The van der Waals surface area contributed by atoms with E-state index in [1.165, 1.54) is 21.6 Å². The van der Waals surface area contributed by atoms with E-state index < -0.39 is 0 Å². The fourth-order valence-electron chi connectivity index (χ4n) is 3.65. The molecule has 2 aromatic carbocycles. The number of aryl methyl sites for hydroxylation is 1. The van der Waals surface area contributed by atoms with Crippen molar-refractivity contribution in [2.45, 2.75) is 25.8 Å². The fraction of sp³-hybridized carbons (Fsp3) is 0.227. The van der Waals surface area contributed by atoms with Crippen molar-refractivity contribution in [3.05, 3.63) is 70.2 Å². The van der Waals surface area contributed by atoms with Crippen LogP contribution in [-0.2, 0) is 0 Å². The number of hydrogen-bond donors (Lipinski definition) is 0. The van der Waals surface area contributed by atoms with Gasteiger partial charge >= 0.3 is 0 Å². The molecule has 0 bridgehead atoms.